The van der Waals surface area contributed by atoms with Gasteiger partial charge in [0.1, 0.15) is 5.75 Å². The number of methoxy groups -OCH3 is 2. The highest BCUT2D eigenvalue weighted by molar-refractivity contribution is 7.21. The first-order chi connectivity index (χ1) is 20.5. The van der Waals surface area contributed by atoms with Crippen LogP contribution in [-0.2, 0) is 9.59 Å². The number of aliphatic carboxylic acids is 2. The van der Waals surface area contributed by atoms with Crippen molar-refractivity contribution >= 4 is 72.0 Å². The van der Waals surface area contributed by atoms with E-state index in [9.17, 15) is 19.2 Å². The summed E-state index contributed by atoms with van der Waals surface area (Å²) in [6.45, 7) is 3.98. The molecule has 3 N–H and O–H groups in total. The Morgan fingerprint density at radius 3 is 1.77 bits per heavy atom. The van der Waals surface area contributed by atoms with E-state index < -0.39 is 23.8 Å². The topological polar surface area (TPSA) is 148 Å². The highest BCUT2D eigenvalue weighted by Crippen LogP contribution is 2.38. The standard InChI is InChI=1S/C31H33NO9S2/c1-16(30(35)36)8-21(33)28-12-18-10-20(23(39-3)14-26(18)42-28)32-6-5-7-41-25-11-19-13-29(22(34)9-17(2)31(37)38)43-27(19)15-24(25)40-4/h10-17,32H,5-9H2,1-4H3,(H,35,36)(H,37,38)/t16-,17-/m0/s1. The Kier molecular flexibility index (Phi) is 10.3. The number of hydrogen-bond acceptors (Lipinski definition) is 10. The summed E-state index contributed by atoms with van der Waals surface area (Å²) in [6, 6.07) is 10.9. The molecule has 0 aliphatic heterocycles. The van der Waals surface area contributed by atoms with Gasteiger partial charge < -0.3 is 29.7 Å². The van der Waals surface area contributed by atoms with Crippen molar-refractivity contribution in [1.82, 2.24) is 0 Å². The Morgan fingerprint density at radius 2 is 1.26 bits per heavy atom. The number of rotatable bonds is 16. The first-order valence-electron chi connectivity index (χ1n) is 13.6. The van der Waals surface area contributed by atoms with Crippen LogP contribution in [0.3, 0.4) is 0 Å². The van der Waals surface area contributed by atoms with E-state index in [1.54, 1.807) is 26.4 Å². The number of carboxylic acids is 2. The lowest BCUT2D eigenvalue weighted by Gasteiger charge is -2.13. The van der Waals surface area contributed by atoms with E-state index >= 15 is 0 Å². The van der Waals surface area contributed by atoms with Crippen LogP contribution in [0.1, 0.15) is 52.5 Å². The molecule has 0 fully saturated rings. The number of thiophene rings is 2. The van der Waals surface area contributed by atoms with Crippen molar-refractivity contribution in [1.29, 1.82) is 0 Å². The number of hydrogen-bond donors (Lipinski definition) is 3. The molecule has 12 heteroatoms. The lowest BCUT2D eigenvalue weighted by Crippen LogP contribution is -2.13. The summed E-state index contributed by atoms with van der Waals surface area (Å²) >= 11 is 2.61. The summed E-state index contributed by atoms with van der Waals surface area (Å²) in [5.41, 5.74) is 0.761. The number of anilines is 1. The fraction of sp³-hybridized carbons (Fsp3) is 0.355. The van der Waals surface area contributed by atoms with Gasteiger partial charge in [-0.2, -0.15) is 0 Å². The third-order valence-electron chi connectivity index (χ3n) is 6.91. The number of carbonyl (C=O) groups excluding carboxylic acids is 2. The van der Waals surface area contributed by atoms with Crippen LogP contribution < -0.4 is 19.5 Å². The molecule has 10 nitrogen and oxygen atoms in total. The molecule has 0 saturated heterocycles. The number of benzene rings is 2. The quantitative estimate of drug-likeness (QED) is 0.0916. The average Bonchev–Trinajstić information content (AvgIpc) is 3.59. The zero-order chi connectivity index (χ0) is 31.3. The molecule has 0 aliphatic carbocycles. The maximum absolute atomic E-state index is 12.6. The maximum atomic E-state index is 12.6. The highest BCUT2D eigenvalue weighted by atomic mass is 32.1. The molecule has 0 radical (unpaired) electrons. The molecule has 0 unspecified atom stereocenters. The molecule has 228 valence electrons. The third kappa shape index (κ3) is 7.63. The number of fused-ring (bicyclic) bond motifs is 2. The Bertz CT molecular complexity index is 1550. The number of ketones is 2. The Morgan fingerprint density at radius 1 is 0.744 bits per heavy atom. The van der Waals surface area contributed by atoms with Gasteiger partial charge in [-0.25, -0.2) is 0 Å². The molecular weight excluding hydrogens is 594 g/mol. The Labute approximate surface area is 256 Å². The molecule has 0 amide bonds. The van der Waals surface area contributed by atoms with Crippen molar-refractivity contribution in [2.75, 3.05) is 32.7 Å². The zero-order valence-electron chi connectivity index (χ0n) is 24.2. The molecule has 0 aliphatic rings. The van der Waals surface area contributed by atoms with Gasteiger partial charge in [-0.3, -0.25) is 19.2 Å². The van der Waals surface area contributed by atoms with Crippen molar-refractivity contribution < 1.29 is 43.6 Å². The number of Topliss-reactive ketones (excluding diaryl/α,β-unsaturated/α-hetero) is 2. The molecule has 4 aromatic rings. The van der Waals surface area contributed by atoms with Crippen LogP contribution in [0, 0.1) is 11.8 Å². The largest absolute Gasteiger partial charge is 0.495 e. The Hall–Kier alpha value is -4.16. The summed E-state index contributed by atoms with van der Waals surface area (Å²) in [5.74, 6) is -2.22. The normalized spacial score (nSPS) is 12.6. The Balaban J connectivity index is 1.38. The summed E-state index contributed by atoms with van der Waals surface area (Å²) in [4.78, 5) is 48.4. The molecule has 43 heavy (non-hydrogen) atoms. The summed E-state index contributed by atoms with van der Waals surface area (Å²) < 4.78 is 18.8. The van der Waals surface area contributed by atoms with Crippen molar-refractivity contribution in [3.63, 3.8) is 0 Å². The predicted octanol–water partition coefficient (Wildman–Crippen LogP) is 6.60. The minimum absolute atomic E-state index is 0.0557. The van der Waals surface area contributed by atoms with Crippen LogP contribution in [0.2, 0.25) is 0 Å². The lowest BCUT2D eigenvalue weighted by molar-refractivity contribution is -0.141. The molecule has 0 spiro atoms. The van der Waals surface area contributed by atoms with Gasteiger partial charge >= 0.3 is 11.9 Å². The average molecular weight is 628 g/mol. The van der Waals surface area contributed by atoms with Crippen molar-refractivity contribution in [2.24, 2.45) is 11.8 Å². The second-order valence-corrected chi connectivity index (χ2v) is 12.4. The summed E-state index contributed by atoms with van der Waals surface area (Å²) in [7, 11) is 3.12. The van der Waals surface area contributed by atoms with Crippen molar-refractivity contribution in [3.05, 3.63) is 46.2 Å². The van der Waals surface area contributed by atoms with Gasteiger partial charge in [0.25, 0.3) is 0 Å². The van der Waals surface area contributed by atoms with Gasteiger partial charge in [-0.1, -0.05) is 13.8 Å². The molecule has 4 rings (SSSR count). The van der Waals surface area contributed by atoms with Crippen LogP contribution in [-0.4, -0.2) is 61.1 Å². The molecule has 2 atom stereocenters. The van der Waals surface area contributed by atoms with E-state index in [-0.39, 0.29) is 24.4 Å². The van der Waals surface area contributed by atoms with E-state index in [4.69, 9.17) is 24.4 Å². The number of ether oxygens (including phenoxy) is 3. The molecule has 0 bridgehead atoms. The van der Waals surface area contributed by atoms with Crippen LogP contribution in [0.25, 0.3) is 20.2 Å². The fourth-order valence-electron chi connectivity index (χ4n) is 4.38. The first-order valence-corrected chi connectivity index (χ1v) is 15.3. The summed E-state index contributed by atoms with van der Waals surface area (Å²) in [6.07, 6.45) is 0.522. The van der Waals surface area contributed by atoms with Gasteiger partial charge in [0.2, 0.25) is 0 Å². The first kappa shape index (κ1) is 31.8. The molecular formula is C31H33NO9S2. The monoisotopic (exact) mass is 627 g/mol. The van der Waals surface area contributed by atoms with Crippen LogP contribution in [0.4, 0.5) is 5.69 Å². The number of nitrogens with one attached hydrogen (secondary N) is 1. The lowest BCUT2D eigenvalue weighted by atomic mass is 10.0. The third-order valence-corrected chi connectivity index (χ3v) is 9.19. The van der Waals surface area contributed by atoms with E-state index in [2.05, 4.69) is 5.32 Å². The zero-order valence-corrected chi connectivity index (χ0v) is 25.9. The maximum Gasteiger partial charge on any atom is 0.306 e. The van der Waals surface area contributed by atoms with Crippen molar-refractivity contribution in [3.8, 4) is 17.2 Å². The SMILES string of the molecule is COc1cc2sc(C(=O)C[C@H](C)C(=O)O)cc2cc1NCCCOc1cc2cc(C(=O)C[C@H](C)C(=O)O)sc2cc1OC. The van der Waals surface area contributed by atoms with Crippen LogP contribution >= 0.6 is 22.7 Å². The van der Waals surface area contributed by atoms with Gasteiger partial charge in [0.15, 0.2) is 23.1 Å². The predicted molar refractivity (Wildman–Crippen MR) is 167 cm³/mol. The van der Waals surface area contributed by atoms with Crippen molar-refractivity contribution in [2.45, 2.75) is 33.1 Å². The van der Waals surface area contributed by atoms with E-state index in [0.29, 0.717) is 46.6 Å². The highest BCUT2D eigenvalue weighted by Gasteiger charge is 2.21. The van der Waals surface area contributed by atoms with Gasteiger partial charge in [-0.15, -0.1) is 22.7 Å². The second-order valence-electron chi connectivity index (χ2n) is 10.2. The minimum Gasteiger partial charge on any atom is -0.495 e. The molecule has 0 saturated carbocycles. The minimum atomic E-state index is -1.00. The van der Waals surface area contributed by atoms with E-state index in [1.807, 2.05) is 24.3 Å². The van der Waals surface area contributed by atoms with Gasteiger partial charge in [-0.05, 0) is 41.5 Å². The number of carbonyl (C=O) groups is 4. The van der Waals surface area contributed by atoms with E-state index in [1.165, 1.54) is 36.5 Å². The number of carboxylic acid groups (broad SMARTS) is 2. The summed E-state index contributed by atoms with van der Waals surface area (Å²) in [5, 5.41) is 23.3. The molecule has 2 aromatic heterocycles. The van der Waals surface area contributed by atoms with E-state index in [0.717, 1.165) is 25.9 Å². The molecule has 2 aromatic carbocycles. The fourth-order valence-corrected chi connectivity index (χ4v) is 6.42. The second kappa shape index (κ2) is 13.9. The van der Waals surface area contributed by atoms with Crippen LogP contribution in [0.15, 0.2) is 36.4 Å². The van der Waals surface area contributed by atoms with Gasteiger partial charge in [0, 0.05) is 40.9 Å². The van der Waals surface area contributed by atoms with Gasteiger partial charge in [0.05, 0.1) is 48.1 Å². The smallest absolute Gasteiger partial charge is 0.306 e. The van der Waals surface area contributed by atoms with Crippen LogP contribution in [0.5, 0.6) is 17.2 Å². The molecule has 2 heterocycles.